The first kappa shape index (κ1) is 14.9. The average Bonchev–Trinajstić information content (AvgIpc) is 2.97. The Morgan fingerprint density at radius 3 is 2.86 bits per heavy atom. The van der Waals surface area contributed by atoms with Crippen molar-refractivity contribution >= 4 is 49.9 Å². The molecule has 3 aromatic rings. The van der Waals surface area contributed by atoms with Crippen LogP contribution in [0.4, 0.5) is 4.39 Å². The topological polar surface area (TPSA) is 30.7 Å². The van der Waals surface area contributed by atoms with Gasteiger partial charge in [0, 0.05) is 29.4 Å². The van der Waals surface area contributed by atoms with E-state index in [4.69, 9.17) is 11.6 Å². The lowest BCUT2D eigenvalue weighted by molar-refractivity contribution is 0.622. The third-order valence-electron chi connectivity index (χ3n) is 3.15. The fourth-order valence-corrected chi connectivity index (χ4v) is 3.49. The van der Waals surface area contributed by atoms with Crippen LogP contribution in [0.2, 0.25) is 0 Å². The van der Waals surface area contributed by atoms with Crippen molar-refractivity contribution in [3.8, 4) is 0 Å². The Hall–Kier alpha value is -0.980. The minimum Gasteiger partial charge on any atom is -0.321 e. The van der Waals surface area contributed by atoms with Gasteiger partial charge in [0.25, 0.3) is 0 Å². The lowest BCUT2D eigenvalue weighted by atomic mass is 10.3. The Kier molecular flexibility index (Phi) is 4.28. The quantitative estimate of drug-likeness (QED) is 0.615. The molecular formula is C14H12BrClFN3S. The maximum atomic E-state index is 13.7. The summed E-state index contributed by atoms with van der Waals surface area (Å²) in [6, 6.07) is 3.20. The predicted molar refractivity (Wildman–Crippen MR) is 87.8 cm³/mol. The second-order valence-corrected chi connectivity index (χ2v) is 6.87. The van der Waals surface area contributed by atoms with Crippen molar-refractivity contribution in [3.05, 3.63) is 44.3 Å². The van der Waals surface area contributed by atoms with Gasteiger partial charge in [0.05, 0.1) is 22.1 Å². The van der Waals surface area contributed by atoms with E-state index >= 15 is 0 Å². The molecule has 0 amide bonds. The Morgan fingerprint density at radius 2 is 2.19 bits per heavy atom. The van der Waals surface area contributed by atoms with Gasteiger partial charge in [-0.25, -0.2) is 14.4 Å². The summed E-state index contributed by atoms with van der Waals surface area (Å²) < 4.78 is 16.2. The zero-order valence-electron chi connectivity index (χ0n) is 11.2. The van der Waals surface area contributed by atoms with Gasteiger partial charge in [-0.2, -0.15) is 0 Å². The van der Waals surface area contributed by atoms with Gasteiger partial charge in [-0.15, -0.1) is 22.9 Å². The summed E-state index contributed by atoms with van der Waals surface area (Å²) in [4.78, 5) is 8.99. The van der Waals surface area contributed by atoms with Crippen molar-refractivity contribution in [2.75, 3.05) is 5.88 Å². The second kappa shape index (κ2) is 6.02. The molecule has 0 radical (unpaired) electrons. The number of thiazole rings is 1. The number of rotatable bonds is 4. The molecule has 7 heteroatoms. The molecule has 0 unspecified atom stereocenters. The molecule has 0 saturated carbocycles. The van der Waals surface area contributed by atoms with Crippen molar-refractivity contribution < 1.29 is 4.39 Å². The fraction of sp³-hybridized carbons (Fsp3) is 0.286. The summed E-state index contributed by atoms with van der Waals surface area (Å²) in [6.45, 7) is 2.59. The minimum absolute atomic E-state index is 0.310. The van der Waals surface area contributed by atoms with Crippen molar-refractivity contribution in [1.82, 2.24) is 14.5 Å². The number of aromatic nitrogens is 3. The third kappa shape index (κ3) is 2.98. The molecule has 110 valence electrons. The highest BCUT2D eigenvalue weighted by Crippen LogP contribution is 2.26. The SMILES string of the molecule is Cc1csc(Cn2c(CCCl)nc3cc(F)c(Br)cc32)n1. The molecule has 0 fully saturated rings. The molecule has 0 N–H and O–H groups in total. The number of aryl methyl sites for hydroxylation is 2. The van der Waals surface area contributed by atoms with E-state index in [-0.39, 0.29) is 5.82 Å². The molecule has 0 bridgehead atoms. The van der Waals surface area contributed by atoms with Gasteiger partial charge in [-0.1, -0.05) is 0 Å². The van der Waals surface area contributed by atoms with E-state index in [9.17, 15) is 4.39 Å². The van der Waals surface area contributed by atoms with Crippen LogP contribution in [0.25, 0.3) is 11.0 Å². The Morgan fingerprint density at radius 1 is 1.38 bits per heavy atom. The number of fused-ring (bicyclic) bond motifs is 1. The lowest BCUT2D eigenvalue weighted by Gasteiger charge is -2.06. The summed E-state index contributed by atoms with van der Waals surface area (Å²) >= 11 is 10.7. The zero-order valence-corrected chi connectivity index (χ0v) is 14.4. The van der Waals surface area contributed by atoms with E-state index in [1.807, 2.05) is 12.3 Å². The molecule has 0 aliphatic carbocycles. The van der Waals surface area contributed by atoms with Crippen molar-refractivity contribution in [2.24, 2.45) is 0 Å². The Balaban J connectivity index is 2.12. The molecular weight excluding hydrogens is 377 g/mol. The van der Waals surface area contributed by atoms with Gasteiger partial charge in [-0.3, -0.25) is 0 Å². The molecule has 0 atom stereocenters. The smallest absolute Gasteiger partial charge is 0.139 e. The van der Waals surface area contributed by atoms with Crippen LogP contribution < -0.4 is 0 Å². The zero-order chi connectivity index (χ0) is 15.0. The van der Waals surface area contributed by atoms with Crippen molar-refractivity contribution in [2.45, 2.75) is 19.9 Å². The average molecular weight is 389 g/mol. The Labute approximate surface area is 138 Å². The fourth-order valence-electron chi connectivity index (χ4n) is 2.23. The van der Waals surface area contributed by atoms with Crippen molar-refractivity contribution in [3.63, 3.8) is 0 Å². The monoisotopic (exact) mass is 387 g/mol. The van der Waals surface area contributed by atoms with Gasteiger partial charge in [0.1, 0.15) is 16.6 Å². The number of hydrogen-bond acceptors (Lipinski definition) is 3. The largest absolute Gasteiger partial charge is 0.321 e. The van der Waals surface area contributed by atoms with Crippen LogP contribution in [0.1, 0.15) is 16.5 Å². The minimum atomic E-state index is -0.310. The highest BCUT2D eigenvalue weighted by Gasteiger charge is 2.14. The summed E-state index contributed by atoms with van der Waals surface area (Å²) in [5.74, 6) is 1.02. The van der Waals surface area contributed by atoms with Gasteiger partial charge in [-0.05, 0) is 28.9 Å². The van der Waals surface area contributed by atoms with Crippen molar-refractivity contribution in [1.29, 1.82) is 0 Å². The number of imidazole rings is 1. The van der Waals surface area contributed by atoms with E-state index in [0.29, 0.717) is 28.8 Å². The van der Waals surface area contributed by atoms with Crippen LogP contribution >= 0.6 is 38.9 Å². The number of benzene rings is 1. The molecule has 2 aromatic heterocycles. The summed E-state index contributed by atoms with van der Waals surface area (Å²) in [7, 11) is 0. The molecule has 3 nitrogen and oxygen atoms in total. The number of hydrogen-bond donors (Lipinski definition) is 0. The first-order valence-corrected chi connectivity index (χ1v) is 8.60. The normalized spacial score (nSPS) is 11.4. The number of alkyl halides is 1. The van der Waals surface area contributed by atoms with Gasteiger partial charge >= 0.3 is 0 Å². The van der Waals surface area contributed by atoms with E-state index in [1.165, 1.54) is 6.07 Å². The molecule has 21 heavy (non-hydrogen) atoms. The molecule has 0 aliphatic rings. The molecule has 1 aromatic carbocycles. The molecule has 0 aliphatic heterocycles. The van der Waals surface area contributed by atoms with Crippen LogP contribution in [0, 0.1) is 12.7 Å². The lowest BCUT2D eigenvalue weighted by Crippen LogP contribution is -2.06. The van der Waals surface area contributed by atoms with Crippen LogP contribution in [-0.2, 0) is 13.0 Å². The predicted octanol–water partition coefficient (Wildman–Crippen LogP) is 4.53. The maximum absolute atomic E-state index is 13.7. The van der Waals surface area contributed by atoms with Gasteiger partial charge in [0.2, 0.25) is 0 Å². The van der Waals surface area contributed by atoms with E-state index in [2.05, 4.69) is 30.5 Å². The third-order valence-corrected chi connectivity index (χ3v) is 4.90. The second-order valence-electron chi connectivity index (χ2n) is 4.69. The molecule has 2 heterocycles. The van der Waals surface area contributed by atoms with Gasteiger partial charge in [0.15, 0.2) is 0 Å². The summed E-state index contributed by atoms with van der Waals surface area (Å²) in [6.07, 6.45) is 0.639. The Bertz CT molecular complexity index is 799. The maximum Gasteiger partial charge on any atom is 0.139 e. The van der Waals surface area contributed by atoms with E-state index in [0.717, 1.165) is 22.0 Å². The summed E-state index contributed by atoms with van der Waals surface area (Å²) in [5.41, 5.74) is 2.53. The molecule has 0 spiro atoms. The van der Waals surface area contributed by atoms with Crippen LogP contribution in [0.15, 0.2) is 22.0 Å². The van der Waals surface area contributed by atoms with Crippen LogP contribution in [0.5, 0.6) is 0 Å². The van der Waals surface area contributed by atoms with Crippen LogP contribution in [0.3, 0.4) is 0 Å². The molecule has 0 saturated heterocycles. The van der Waals surface area contributed by atoms with Crippen LogP contribution in [-0.4, -0.2) is 20.4 Å². The van der Waals surface area contributed by atoms with Gasteiger partial charge < -0.3 is 4.57 Å². The number of halogens is 3. The first-order valence-electron chi connectivity index (χ1n) is 6.39. The number of nitrogens with zero attached hydrogens (tertiary/aromatic N) is 3. The van der Waals surface area contributed by atoms with E-state index in [1.54, 1.807) is 17.4 Å². The van der Waals surface area contributed by atoms with E-state index < -0.39 is 0 Å². The highest BCUT2D eigenvalue weighted by molar-refractivity contribution is 9.10. The summed E-state index contributed by atoms with van der Waals surface area (Å²) in [5, 5.41) is 3.02. The first-order chi connectivity index (χ1) is 10.1. The standard InChI is InChI=1S/C14H12BrClFN3S/c1-8-7-21-14(18-8)6-20-12-4-9(15)10(17)5-11(12)19-13(20)2-3-16/h4-5,7H,2-3,6H2,1H3. The molecule has 3 rings (SSSR count). The highest BCUT2D eigenvalue weighted by atomic mass is 79.9.